The van der Waals surface area contributed by atoms with Gasteiger partial charge in [-0.3, -0.25) is 0 Å². The Hall–Kier alpha value is -6.56. The van der Waals surface area contributed by atoms with E-state index in [4.69, 9.17) is 0 Å². The summed E-state index contributed by atoms with van der Waals surface area (Å²) in [7, 11) is 0. The number of rotatable bonds is 5. The van der Waals surface area contributed by atoms with Crippen molar-refractivity contribution in [3.8, 4) is 0 Å². The highest BCUT2D eigenvalue weighted by molar-refractivity contribution is 7.26. The molecule has 0 atom stereocenters. The van der Waals surface area contributed by atoms with Crippen LogP contribution in [0.15, 0.2) is 158 Å². The second kappa shape index (κ2) is 15.7. The highest BCUT2D eigenvalue weighted by Gasteiger charge is 2.49. The summed E-state index contributed by atoms with van der Waals surface area (Å²) in [4.78, 5) is 7.79. The lowest BCUT2D eigenvalue weighted by atomic mass is 9.33. The standard InChI is InChI=1S/C68H68BN3S/c1-42-33-59-62-60(34-42)72(47-35-49-48-25-19-20-26-61(48)73-63(49)54(37-47)64(2,3)4)57-38-46(70(43-21-15-13-16-22-43)44-23-17-14-18-24-44)28-30-55(57)69(62)56-39-52-53(68(11,12)41-67(52,9)10)40-58(56)71(59)45-27-29-50-51(36-45)66(7,8)32-31-65(50,5)6/h13-30,33-40H,31-32,41H2,1-12H3. The van der Waals surface area contributed by atoms with Crippen molar-refractivity contribution in [2.75, 3.05) is 14.7 Å². The first-order valence-electron chi connectivity index (χ1n) is 26.8. The number of hydrogen-bond donors (Lipinski definition) is 0. The van der Waals surface area contributed by atoms with Gasteiger partial charge in [0.1, 0.15) is 0 Å². The van der Waals surface area contributed by atoms with Crippen LogP contribution in [0.3, 0.4) is 0 Å². The van der Waals surface area contributed by atoms with Gasteiger partial charge in [0.05, 0.1) is 0 Å². The largest absolute Gasteiger partial charge is 0.311 e. The predicted molar refractivity (Wildman–Crippen MR) is 317 cm³/mol. The minimum Gasteiger partial charge on any atom is -0.311 e. The first kappa shape index (κ1) is 46.2. The quantitative estimate of drug-likeness (QED) is 0.159. The molecule has 0 bridgehead atoms. The molecule has 0 radical (unpaired) electrons. The number of anilines is 9. The maximum Gasteiger partial charge on any atom is 0.252 e. The van der Waals surface area contributed by atoms with Gasteiger partial charge in [-0.25, -0.2) is 0 Å². The van der Waals surface area contributed by atoms with E-state index in [2.05, 4.69) is 256 Å². The molecule has 0 N–H and O–H groups in total. The van der Waals surface area contributed by atoms with Gasteiger partial charge in [-0.1, -0.05) is 149 Å². The number of aryl methyl sites for hydroxylation is 1. The van der Waals surface area contributed by atoms with Gasteiger partial charge in [0, 0.05) is 71.4 Å². The van der Waals surface area contributed by atoms with Crippen LogP contribution >= 0.6 is 11.3 Å². The molecule has 0 saturated heterocycles. The van der Waals surface area contributed by atoms with Crippen LogP contribution in [-0.4, -0.2) is 6.71 Å². The summed E-state index contributed by atoms with van der Waals surface area (Å²) >= 11 is 1.94. The second-order valence-corrected chi connectivity index (χ2v) is 26.7. The molecule has 0 amide bonds. The molecule has 4 aliphatic rings. The van der Waals surface area contributed by atoms with E-state index in [0.717, 1.165) is 23.5 Å². The van der Waals surface area contributed by atoms with Crippen LogP contribution in [0.2, 0.25) is 0 Å². The summed E-state index contributed by atoms with van der Waals surface area (Å²) < 4.78 is 2.71. The molecule has 5 heteroatoms. The van der Waals surface area contributed by atoms with E-state index in [9.17, 15) is 0 Å². The van der Waals surface area contributed by atoms with Crippen LogP contribution in [0.1, 0.15) is 129 Å². The molecule has 8 aromatic carbocycles. The normalized spacial score (nSPS) is 17.5. The molecule has 364 valence electrons. The Morgan fingerprint density at radius 3 is 1.71 bits per heavy atom. The predicted octanol–water partition coefficient (Wildman–Crippen LogP) is 17.5. The average Bonchev–Trinajstić information content (AvgIpc) is 3.81. The van der Waals surface area contributed by atoms with Gasteiger partial charge in [0.25, 0.3) is 6.71 Å². The van der Waals surface area contributed by atoms with E-state index in [1.165, 1.54) is 117 Å². The lowest BCUT2D eigenvalue weighted by Gasteiger charge is -2.46. The fraction of sp³-hybridized carbons (Fsp3) is 0.294. The van der Waals surface area contributed by atoms with E-state index < -0.39 is 0 Å². The molecule has 2 aliphatic heterocycles. The Bertz CT molecular complexity index is 3700. The fourth-order valence-corrected chi connectivity index (χ4v) is 15.5. The molecule has 9 aromatic rings. The number of thiophene rings is 1. The summed E-state index contributed by atoms with van der Waals surface area (Å²) in [5, 5.41) is 2.65. The van der Waals surface area contributed by atoms with Gasteiger partial charge in [-0.15, -0.1) is 11.3 Å². The molecule has 3 heterocycles. The molecular formula is C68H68BN3S. The third kappa shape index (κ3) is 7.04. The molecule has 0 unspecified atom stereocenters. The smallest absolute Gasteiger partial charge is 0.252 e. The Kier molecular flexibility index (Phi) is 9.97. The first-order valence-corrected chi connectivity index (χ1v) is 27.6. The SMILES string of the molecule is Cc1cc2c3c(c1)N(c1ccc4c(c1)C(C)(C)CCC4(C)C)c1cc4c(cc1B3c1ccc(N(c3ccccc3)c3ccccc3)cc1N2c1cc(C(C)(C)C)c2sc3ccccc3c2c1)C(C)(C)CC4(C)C. The molecule has 0 saturated carbocycles. The van der Waals surface area contributed by atoms with Crippen LogP contribution in [0, 0.1) is 6.92 Å². The van der Waals surface area contributed by atoms with Crippen LogP contribution < -0.4 is 31.1 Å². The Morgan fingerprint density at radius 2 is 1.05 bits per heavy atom. The average molecular weight is 970 g/mol. The molecule has 3 nitrogen and oxygen atoms in total. The summed E-state index contributed by atoms with van der Waals surface area (Å²) in [6, 6.07) is 61.1. The Balaban J connectivity index is 1.15. The summed E-state index contributed by atoms with van der Waals surface area (Å²) in [5.41, 5.74) is 23.7. The highest BCUT2D eigenvalue weighted by atomic mass is 32.1. The van der Waals surface area contributed by atoms with Gasteiger partial charge >= 0.3 is 0 Å². The van der Waals surface area contributed by atoms with Crippen LogP contribution in [0.4, 0.5) is 51.2 Å². The van der Waals surface area contributed by atoms with E-state index >= 15 is 0 Å². The Labute approximate surface area is 438 Å². The highest BCUT2D eigenvalue weighted by Crippen LogP contribution is 2.55. The van der Waals surface area contributed by atoms with E-state index in [1.807, 2.05) is 11.3 Å². The minimum absolute atomic E-state index is 0.00957. The van der Waals surface area contributed by atoms with Crippen molar-refractivity contribution < 1.29 is 0 Å². The van der Waals surface area contributed by atoms with Gasteiger partial charge in [-0.05, 0) is 188 Å². The molecule has 1 aromatic heterocycles. The number of fused-ring (bicyclic) bond motifs is 9. The van der Waals surface area contributed by atoms with Crippen molar-refractivity contribution >= 4 is 106 Å². The fourth-order valence-electron chi connectivity index (χ4n) is 14.1. The first-order chi connectivity index (χ1) is 34.7. The van der Waals surface area contributed by atoms with Crippen molar-refractivity contribution in [3.63, 3.8) is 0 Å². The monoisotopic (exact) mass is 970 g/mol. The van der Waals surface area contributed by atoms with Crippen LogP contribution in [0.5, 0.6) is 0 Å². The maximum atomic E-state index is 2.69. The van der Waals surface area contributed by atoms with Crippen molar-refractivity contribution in [2.45, 2.75) is 129 Å². The molecule has 13 rings (SSSR count). The van der Waals surface area contributed by atoms with Crippen LogP contribution in [0.25, 0.3) is 20.2 Å². The lowest BCUT2D eigenvalue weighted by Crippen LogP contribution is -2.61. The van der Waals surface area contributed by atoms with E-state index in [-0.39, 0.29) is 33.8 Å². The third-order valence-electron chi connectivity index (χ3n) is 17.6. The van der Waals surface area contributed by atoms with Crippen molar-refractivity contribution in [1.82, 2.24) is 0 Å². The molecule has 2 aliphatic carbocycles. The van der Waals surface area contributed by atoms with Gasteiger partial charge in [0.15, 0.2) is 0 Å². The topological polar surface area (TPSA) is 9.72 Å². The van der Waals surface area contributed by atoms with Crippen molar-refractivity contribution in [3.05, 3.63) is 191 Å². The minimum atomic E-state index is -0.104. The van der Waals surface area contributed by atoms with E-state index in [1.54, 1.807) is 0 Å². The maximum absolute atomic E-state index is 2.69. The second-order valence-electron chi connectivity index (χ2n) is 25.7. The number of hydrogen-bond acceptors (Lipinski definition) is 4. The number of benzene rings is 8. The van der Waals surface area contributed by atoms with Crippen molar-refractivity contribution in [1.29, 1.82) is 0 Å². The number of nitrogens with zero attached hydrogens (tertiary/aromatic N) is 3. The third-order valence-corrected chi connectivity index (χ3v) is 18.8. The molecule has 0 fully saturated rings. The van der Waals surface area contributed by atoms with Crippen LogP contribution in [-0.2, 0) is 27.1 Å². The number of para-hydroxylation sites is 2. The Morgan fingerprint density at radius 1 is 0.479 bits per heavy atom. The van der Waals surface area contributed by atoms with Gasteiger partial charge < -0.3 is 14.7 Å². The zero-order valence-corrected chi connectivity index (χ0v) is 45.8. The van der Waals surface area contributed by atoms with Crippen molar-refractivity contribution in [2.24, 2.45) is 0 Å². The zero-order valence-electron chi connectivity index (χ0n) is 45.0. The lowest BCUT2D eigenvalue weighted by molar-refractivity contribution is 0.332. The summed E-state index contributed by atoms with van der Waals surface area (Å²) in [5.74, 6) is 0. The van der Waals surface area contributed by atoms with E-state index in [0.29, 0.717) is 0 Å². The zero-order chi connectivity index (χ0) is 50.7. The molecule has 73 heavy (non-hydrogen) atoms. The molecular weight excluding hydrogens is 902 g/mol. The van der Waals surface area contributed by atoms with Gasteiger partial charge in [0.2, 0.25) is 0 Å². The summed E-state index contributed by atoms with van der Waals surface area (Å²) in [6.45, 7) is 29.2. The van der Waals surface area contributed by atoms with Gasteiger partial charge in [-0.2, -0.15) is 0 Å². The summed E-state index contributed by atoms with van der Waals surface area (Å²) in [6.07, 6.45) is 3.48. The molecule has 0 spiro atoms.